The quantitative estimate of drug-likeness (QED) is 0.530. The second-order valence-electron chi connectivity index (χ2n) is 4.78. The third-order valence-electron chi connectivity index (χ3n) is 3.17. The number of halogens is 2. The molecule has 0 atom stereocenters. The van der Waals surface area contributed by atoms with E-state index in [2.05, 4.69) is 42.4 Å². The predicted molar refractivity (Wildman–Crippen MR) is 101 cm³/mol. The number of nitrogens with one attached hydrogen (secondary N) is 1. The third kappa shape index (κ3) is 4.58. The Morgan fingerprint density at radius 2 is 1.83 bits per heavy atom. The van der Waals surface area contributed by atoms with Crippen molar-refractivity contribution in [2.24, 2.45) is 5.10 Å². The molecular formula is C17H16Br2N2O3. The Kier molecular flexibility index (Phi) is 6.81. The number of rotatable bonds is 6. The maximum atomic E-state index is 11.9. The first kappa shape index (κ1) is 18.5. The summed E-state index contributed by atoms with van der Waals surface area (Å²) in [5.74, 6) is 0.997. The molecule has 5 nitrogen and oxygen atoms in total. The van der Waals surface area contributed by atoms with Crippen LogP contribution in [-0.2, 0) is 11.2 Å². The van der Waals surface area contributed by atoms with Gasteiger partial charge in [-0.2, -0.15) is 5.10 Å². The lowest BCUT2D eigenvalue weighted by atomic mass is 10.1. The van der Waals surface area contributed by atoms with E-state index in [1.807, 2.05) is 30.3 Å². The van der Waals surface area contributed by atoms with Crippen LogP contribution >= 0.6 is 31.9 Å². The number of hydrogen-bond acceptors (Lipinski definition) is 4. The Hall–Kier alpha value is -1.86. The maximum absolute atomic E-state index is 11.9. The van der Waals surface area contributed by atoms with Crippen LogP contribution in [0.15, 0.2) is 50.4 Å². The fraction of sp³-hybridized carbons (Fsp3) is 0.176. The zero-order valence-electron chi connectivity index (χ0n) is 13.2. The molecule has 0 unspecified atom stereocenters. The van der Waals surface area contributed by atoms with Gasteiger partial charge in [0.15, 0.2) is 5.75 Å². The summed E-state index contributed by atoms with van der Waals surface area (Å²) >= 11 is 6.87. The van der Waals surface area contributed by atoms with Crippen LogP contribution < -0.4 is 14.9 Å². The summed E-state index contributed by atoms with van der Waals surface area (Å²) in [6, 6.07) is 11.3. The molecule has 0 aliphatic heterocycles. The van der Waals surface area contributed by atoms with Gasteiger partial charge in [-0.3, -0.25) is 4.79 Å². The van der Waals surface area contributed by atoms with Crippen molar-refractivity contribution < 1.29 is 14.3 Å². The third-order valence-corrected chi connectivity index (χ3v) is 4.48. The molecule has 2 rings (SSSR count). The number of carbonyl (C=O) groups excluding carboxylic acids is 1. The van der Waals surface area contributed by atoms with Crippen molar-refractivity contribution in [3.05, 3.63) is 56.5 Å². The Balaban J connectivity index is 2.10. The van der Waals surface area contributed by atoms with Crippen molar-refractivity contribution in [3.8, 4) is 11.5 Å². The van der Waals surface area contributed by atoms with Gasteiger partial charge in [-0.15, -0.1) is 0 Å². The normalized spacial score (nSPS) is 10.7. The van der Waals surface area contributed by atoms with E-state index in [1.165, 1.54) is 6.21 Å². The van der Waals surface area contributed by atoms with Gasteiger partial charge in [0, 0.05) is 5.56 Å². The van der Waals surface area contributed by atoms with E-state index in [0.29, 0.717) is 21.5 Å². The lowest BCUT2D eigenvalue weighted by Crippen LogP contribution is -2.19. The summed E-state index contributed by atoms with van der Waals surface area (Å²) in [6.07, 6.45) is 1.79. The highest BCUT2D eigenvalue weighted by Gasteiger charge is 2.15. The highest BCUT2D eigenvalue weighted by molar-refractivity contribution is 9.11. The molecule has 0 aliphatic rings. The Bertz CT molecular complexity index is 749. The Morgan fingerprint density at radius 3 is 2.46 bits per heavy atom. The summed E-state index contributed by atoms with van der Waals surface area (Å²) < 4.78 is 12.1. The van der Waals surface area contributed by atoms with Crippen molar-refractivity contribution in [2.75, 3.05) is 14.2 Å². The van der Waals surface area contributed by atoms with Crippen molar-refractivity contribution in [1.82, 2.24) is 5.43 Å². The molecule has 0 saturated carbocycles. The molecule has 0 radical (unpaired) electrons. The second kappa shape index (κ2) is 8.84. The van der Waals surface area contributed by atoms with E-state index in [0.717, 1.165) is 10.0 Å². The average molecular weight is 456 g/mol. The lowest BCUT2D eigenvalue weighted by molar-refractivity contribution is -0.120. The maximum Gasteiger partial charge on any atom is 0.244 e. The molecule has 0 saturated heterocycles. The minimum atomic E-state index is -0.192. The number of benzene rings is 2. The number of methoxy groups -OCH3 is 2. The van der Waals surface area contributed by atoms with E-state index in [-0.39, 0.29) is 12.3 Å². The zero-order valence-corrected chi connectivity index (χ0v) is 16.3. The molecule has 24 heavy (non-hydrogen) atoms. The molecule has 2 aromatic rings. The number of ether oxygens (including phenoxy) is 2. The second-order valence-corrected chi connectivity index (χ2v) is 6.43. The summed E-state index contributed by atoms with van der Waals surface area (Å²) in [5.41, 5.74) is 4.13. The molecule has 7 heteroatoms. The fourth-order valence-electron chi connectivity index (χ4n) is 2.09. The highest BCUT2D eigenvalue weighted by Crippen LogP contribution is 2.41. The number of nitrogens with zero attached hydrogens (tertiary/aromatic N) is 1. The first-order valence-corrected chi connectivity index (χ1v) is 8.61. The van der Waals surface area contributed by atoms with Gasteiger partial charge in [0.2, 0.25) is 5.91 Å². The van der Waals surface area contributed by atoms with Crippen LogP contribution in [0.2, 0.25) is 0 Å². The van der Waals surface area contributed by atoms with Crippen LogP contribution in [0.3, 0.4) is 0 Å². The lowest BCUT2D eigenvalue weighted by Gasteiger charge is -2.12. The van der Waals surface area contributed by atoms with E-state index < -0.39 is 0 Å². The first-order chi connectivity index (χ1) is 11.6. The topological polar surface area (TPSA) is 59.9 Å². The average Bonchev–Trinajstić information content (AvgIpc) is 2.56. The van der Waals surface area contributed by atoms with Gasteiger partial charge in [-0.25, -0.2) is 5.43 Å². The molecule has 0 bridgehead atoms. The molecular weight excluding hydrogens is 440 g/mol. The minimum Gasteiger partial charge on any atom is -0.495 e. The summed E-state index contributed by atoms with van der Waals surface area (Å²) in [7, 11) is 3.13. The molecule has 1 amide bonds. The van der Waals surface area contributed by atoms with Crippen LogP contribution in [0, 0.1) is 0 Å². The molecule has 0 aliphatic carbocycles. The standard InChI is InChI=1S/C17H16Br2N2O3/c1-23-16-12(9-13(18)17(24-2)15(16)19)10-20-21-14(22)8-11-6-4-3-5-7-11/h3-7,9-10H,8H2,1-2H3,(H,21,22)/b20-10-. The highest BCUT2D eigenvalue weighted by atomic mass is 79.9. The summed E-state index contributed by atoms with van der Waals surface area (Å²) in [5, 5.41) is 4.00. The SMILES string of the molecule is COc1c(Br)cc(/C=N\NC(=O)Cc2ccccc2)c(OC)c1Br. The summed E-state index contributed by atoms with van der Waals surface area (Å²) in [4.78, 5) is 11.9. The monoisotopic (exact) mass is 454 g/mol. The van der Waals surface area contributed by atoms with E-state index in [1.54, 1.807) is 20.3 Å². The number of carbonyl (C=O) groups is 1. The zero-order chi connectivity index (χ0) is 17.5. The molecule has 0 aromatic heterocycles. The van der Waals surface area contributed by atoms with Crippen LogP contribution in [-0.4, -0.2) is 26.3 Å². The number of amides is 1. The first-order valence-electron chi connectivity index (χ1n) is 7.02. The van der Waals surface area contributed by atoms with Crippen LogP contribution in [0.4, 0.5) is 0 Å². The van der Waals surface area contributed by atoms with Gasteiger partial charge < -0.3 is 9.47 Å². The molecule has 2 aromatic carbocycles. The van der Waals surface area contributed by atoms with Gasteiger partial charge in [0.05, 0.1) is 31.3 Å². The fourth-order valence-corrected chi connectivity index (χ4v) is 3.73. The van der Waals surface area contributed by atoms with Crippen LogP contribution in [0.25, 0.3) is 0 Å². The molecule has 0 heterocycles. The predicted octanol–water partition coefficient (Wildman–Crippen LogP) is 3.92. The van der Waals surface area contributed by atoms with E-state index in [9.17, 15) is 4.79 Å². The van der Waals surface area contributed by atoms with Crippen molar-refractivity contribution in [2.45, 2.75) is 6.42 Å². The number of hydrogen-bond donors (Lipinski definition) is 1. The van der Waals surface area contributed by atoms with Crippen LogP contribution in [0.1, 0.15) is 11.1 Å². The Labute approximate surface area is 157 Å². The van der Waals surface area contributed by atoms with Gasteiger partial charge in [-0.1, -0.05) is 30.3 Å². The van der Waals surface area contributed by atoms with Gasteiger partial charge >= 0.3 is 0 Å². The number of hydrazone groups is 1. The van der Waals surface area contributed by atoms with E-state index >= 15 is 0 Å². The van der Waals surface area contributed by atoms with Crippen molar-refractivity contribution >= 4 is 44.0 Å². The molecule has 1 N–H and O–H groups in total. The van der Waals surface area contributed by atoms with E-state index in [4.69, 9.17) is 9.47 Å². The largest absolute Gasteiger partial charge is 0.495 e. The van der Waals surface area contributed by atoms with Crippen LogP contribution in [0.5, 0.6) is 11.5 Å². The van der Waals surface area contributed by atoms with Crippen molar-refractivity contribution in [3.63, 3.8) is 0 Å². The smallest absolute Gasteiger partial charge is 0.244 e. The summed E-state index contributed by atoms with van der Waals surface area (Å²) in [6.45, 7) is 0. The Morgan fingerprint density at radius 1 is 1.17 bits per heavy atom. The molecule has 0 spiro atoms. The van der Waals surface area contributed by atoms with Crippen molar-refractivity contribution in [1.29, 1.82) is 0 Å². The van der Waals surface area contributed by atoms with Gasteiger partial charge in [0.25, 0.3) is 0 Å². The van der Waals surface area contributed by atoms with Gasteiger partial charge in [0.1, 0.15) is 10.2 Å². The molecule has 0 fully saturated rings. The van der Waals surface area contributed by atoms with Gasteiger partial charge in [-0.05, 0) is 43.5 Å². The molecule has 126 valence electrons. The minimum absolute atomic E-state index is 0.192.